The van der Waals surface area contributed by atoms with Gasteiger partial charge >= 0.3 is 5.63 Å². The van der Waals surface area contributed by atoms with Crippen LogP contribution in [0.2, 0.25) is 0 Å². The Bertz CT molecular complexity index is 1420. The van der Waals surface area contributed by atoms with Crippen LogP contribution in [-0.2, 0) is 11.2 Å². The number of carbonyl (C=O) groups excluding carboxylic acids is 1. The van der Waals surface area contributed by atoms with E-state index in [-0.39, 0.29) is 18.1 Å². The lowest BCUT2D eigenvalue weighted by Crippen LogP contribution is -2.20. The van der Waals surface area contributed by atoms with Crippen LogP contribution in [0.15, 0.2) is 75.9 Å². The minimum absolute atomic E-state index is 0.207. The van der Waals surface area contributed by atoms with Crippen LogP contribution in [0.1, 0.15) is 27.8 Å². The first-order valence-corrected chi connectivity index (χ1v) is 10.5. The number of ether oxygens (including phenoxy) is 1. The van der Waals surface area contributed by atoms with Gasteiger partial charge < -0.3 is 14.5 Å². The van der Waals surface area contributed by atoms with E-state index in [2.05, 4.69) is 5.32 Å². The number of carbonyl (C=O) groups is 1. The van der Waals surface area contributed by atoms with Crippen LogP contribution < -0.4 is 15.7 Å². The lowest BCUT2D eigenvalue weighted by molar-refractivity contribution is -0.118. The Hall–Kier alpha value is -4.37. The quantitative estimate of drug-likeness (QED) is 0.433. The smallest absolute Gasteiger partial charge is 0.340 e. The highest BCUT2D eigenvalue weighted by Gasteiger charge is 2.16. The van der Waals surface area contributed by atoms with Crippen molar-refractivity contribution >= 4 is 22.6 Å². The van der Waals surface area contributed by atoms with Gasteiger partial charge in [0.2, 0.25) is 0 Å². The number of nitriles is 1. The van der Waals surface area contributed by atoms with Crippen LogP contribution >= 0.6 is 0 Å². The summed E-state index contributed by atoms with van der Waals surface area (Å²) in [5.41, 5.74) is 4.37. The lowest BCUT2D eigenvalue weighted by Gasteiger charge is -2.13. The molecule has 6 nitrogen and oxygen atoms in total. The number of benzene rings is 3. The monoisotopic (exact) mass is 438 g/mol. The first-order valence-electron chi connectivity index (χ1n) is 10.5. The molecule has 0 radical (unpaired) electrons. The molecule has 1 N–H and O–H groups in total. The zero-order chi connectivity index (χ0) is 23.4. The highest BCUT2D eigenvalue weighted by molar-refractivity contribution is 5.92. The van der Waals surface area contributed by atoms with Crippen molar-refractivity contribution in [2.75, 3.05) is 11.9 Å². The van der Waals surface area contributed by atoms with Gasteiger partial charge in [0, 0.05) is 28.6 Å². The molecule has 0 aliphatic rings. The largest absolute Gasteiger partial charge is 0.483 e. The average Bonchev–Trinajstić information content (AvgIpc) is 2.83. The fourth-order valence-corrected chi connectivity index (χ4v) is 3.70. The van der Waals surface area contributed by atoms with Crippen molar-refractivity contribution in [2.24, 2.45) is 0 Å². The SMILES string of the molecule is Cc1c(Cc2ccccc2)c(=O)oc2c(C)c(OCC(=O)Nc3ccc(C#N)cc3)ccc12. The van der Waals surface area contributed by atoms with E-state index >= 15 is 0 Å². The summed E-state index contributed by atoms with van der Waals surface area (Å²) in [4.78, 5) is 25.0. The molecule has 0 unspecified atom stereocenters. The van der Waals surface area contributed by atoms with Gasteiger partial charge in [-0.2, -0.15) is 5.26 Å². The summed E-state index contributed by atoms with van der Waals surface area (Å²) in [5.74, 6) is 0.130. The number of anilines is 1. The molecule has 0 saturated carbocycles. The van der Waals surface area contributed by atoms with Crippen LogP contribution in [0.25, 0.3) is 11.0 Å². The molecule has 4 rings (SSSR count). The molecule has 0 spiro atoms. The molecule has 0 aliphatic carbocycles. The summed E-state index contributed by atoms with van der Waals surface area (Å²) in [6.45, 7) is 3.51. The molecule has 0 fully saturated rings. The standard InChI is InChI=1S/C27H22N2O4/c1-17-22-12-13-24(32-16-25(30)29-21-10-8-20(15-28)9-11-21)18(2)26(22)33-27(31)23(17)14-19-6-4-3-5-7-19/h3-13H,14,16H2,1-2H3,(H,29,30). The Morgan fingerprint density at radius 2 is 1.73 bits per heavy atom. The maximum atomic E-state index is 12.7. The van der Waals surface area contributed by atoms with Gasteiger partial charge in [-0.25, -0.2) is 4.79 Å². The zero-order valence-corrected chi connectivity index (χ0v) is 18.3. The van der Waals surface area contributed by atoms with Crippen LogP contribution in [-0.4, -0.2) is 12.5 Å². The maximum Gasteiger partial charge on any atom is 0.340 e. The summed E-state index contributed by atoms with van der Waals surface area (Å²) in [6, 6.07) is 22.0. The summed E-state index contributed by atoms with van der Waals surface area (Å²) < 4.78 is 11.4. The maximum absolute atomic E-state index is 12.7. The second-order valence-electron chi connectivity index (χ2n) is 7.75. The topological polar surface area (TPSA) is 92.3 Å². The number of nitrogens with one attached hydrogen (secondary N) is 1. The van der Waals surface area contributed by atoms with Crippen molar-refractivity contribution < 1.29 is 13.9 Å². The van der Waals surface area contributed by atoms with Gasteiger partial charge in [-0.15, -0.1) is 0 Å². The lowest BCUT2D eigenvalue weighted by atomic mass is 9.98. The molecule has 1 aromatic heterocycles. The van der Waals surface area contributed by atoms with Crippen molar-refractivity contribution in [2.45, 2.75) is 20.3 Å². The molecule has 0 bridgehead atoms. The predicted molar refractivity (Wildman–Crippen MR) is 126 cm³/mol. The van der Waals surface area contributed by atoms with Crippen molar-refractivity contribution in [3.63, 3.8) is 0 Å². The minimum atomic E-state index is -0.373. The van der Waals surface area contributed by atoms with Gasteiger partial charge in [0.05, 0.1) is 11.6 Å². The van der Waals surface area contributed by atoms with Gasteiger partial charge in [-0.1, -0.05) is 30.3 Å². The second-order valence-corrected chi connectivity index (χ2v) is 7.75. The number of aryl methyl sites for hydroxylation is 2. The summed E-state index contributed by atoms with van der Waals surface area (Å²) in [7, 11) is 0. The first-order chi connectivity index (χ1) is 16.0. The highest BCUT2D eigenvalue weighted by atomic mass is 16.5. The van der Waals surface area contributed by atoms with Crippen molar-refractivity contribution in [1.29, 1.82) is 5.26 Å². The number of hydrogen-bond acceptors (Lipinski definition) is 5. The Morgan fingerprint density at radius 3 is 2.42 bits per heavy atom. The van der Waals surface area contributed by atoms with Crippen molar-refractivity contribution in [1.82, 2.24) is 0 Å². The molecule has 3 aromatic carbocycles. The van der Waals surface area contributed by atoms with Crippen molar-refractivity contribution in [3.8, 4) is 11.8 Å². The van der Waals surface area contributed by atoms with E-state index in [1.807, 2.05) is 49.4 Å². The Labute approximate surface area is 191 Å². The van der Waals surface area contributed by atoms with Crippen LogP contribution in [0.5, 0.6) is 5.75 Å². The molecule has 0 atom stereocenters. The number of hydrogen-bond donors (Lipinski definition) is 1. The third-order valence-corrected chi connectivity index (χ3v) is 5.53. The van der Waals surface area contributed by atoms with Crippen LogP contribution in [0, 0.1) is 25.2 Å². The van der Waals surface area contributed by atoms with Crippen LogP contribution in [0.4, 0.5) is 5.69 Å². The van der Waals surface area contributed by atoms with E-state index < -0.39 is 0 Å². The molecule has 0 aliphatic heterocycles. The molecular weight excluding hydrogens is 416 g/mol. The molecule has 0 saturated heterocycles. The molecule has 6 heteroatoms. The first kappa shape index (κ1) is 21.8. The Kier molecular flexibility index (Phi) is 6.23. The molecule has 1 heterocycles. The molecular formula is C27H22N2O4. The summed E-state index contributed by atoms with van der Waals surface area (Å²) >= 11 is 0. The fraction of sp³-hybridized carbons (Fsp3) is 0.148. The van der Waals surface area contributed by atoms with E-state index in [9.17, 15) is 9.59 Å². The van der Waals surface area contributed by atoms with E-state index in [0.29, 0.717) is 40.1 Å². The number of amides is 1. The normalized spacial score (nSPS) is 10.6. The van der Waals surface area contributed by atoms with Gasteiger partial charge in [-0.3, -0.25) is 4.79 Å². The summed E-state index contributed by atoms with van der Waals surface area (Å²) in [6.07, 6.45) is 0.498. The Balaban J connectivity index is 1.52. The fourth-order valence-electron chi connectivity index (χ4n) is 3.70. The number of fused-ring (bicyclic) bond motifs is 1. The zero-order valence-electron chi connectivity index (χ0n) is 18.3. The molecule has 4 aromatic rings. The van der Waals surface area contributed by atoms with E-state index in [0.717, 1.165) is 16.5 Å². The number of nitrogens with zero attached hydrogens (tertiary/aromatic N) is 1. The Morgan fingerprint density at radius 1 is 1.00 bits per heavy atom. The van der Waals surface area contributed by atoms with E-state index in [1.165, 1.54) is 0 Å². The van der Waals surface area contributed by atoms with E-state index in [1.54, 1.807) is 37.3 Å². The third kappa shape index (κ3) is 4.78. The van der Waals surface area contributed by atoms with Gasteiger partial charge in [-0.05, 0) is 61.4 Å². The van der Waals surface area contributed by atoms with Crippen LogP contribution in [0.3, 0.4) is 0 Å². The molecule has 1 amide bonds. The average molecular weight is 438 g/mol. The van der Waals surface area contributed by atoms with Gasteiger partial charge in [0.15, 0.2) is 6.61 Å². The number of rotatable bonds is 6. The minimum Gasteiger partial charge on any atom is -0.483 e. The summed E-state index contributed by atoms with van der Waals surface area (Å²) in [5, 5.41) is 12.4. The highest BCUT2D eigenvalue weighted by Crippen LogP contribution is 2.30. The van der Waals surface area contributed by atoms with Crippen molar-refractivity contribution in [3.05, 3.63) is 105 Å². The van der Waals surface area contributed by atoms with E-state index in [4.69, 9.17) is 14.4 Å². The second kappa shape index (κ2) is 9.41. The van der Waals surface area contributed by atoms with Gasteiger partial charge in [0.1, 0.15) is 11.3 Å². The predicted octanol–water partition coefficient (Wildman–Crippen LogP) is 4.89. The molecule has 164 valence electrons. The molecule has 33 heavy (non-hydrogen) atoms. The third-order valence-electron chi connectivity index (χ3n) is 5.53. The van der Waals surface area contributed by atoms with Gasteiger partial charge in [0.25, 0.3) is 5.91 Å².